The molecule has 0 aromatic rings. The van der Waals surface area contributed by atoms with Gasteiger partial charge in [-0.1, -0.05) is 13.8 Å². The first kappa shape index (κ1) is 9.05. The highest BCUT2D eigenvalue weighted by atomic mass is 15.1. The number of nitrogens with zero attached hydrogens (tertiary/aromatic N) is 1. The van der Waals surface area contributed by atoms with Gasteiger partial charge in [-0.3, -0.25) is 0 Å². The quantitative estimate of drug-likeness (QED) is 0.592. The zero-order valence-corrected chi connectivity index (χ0v) is 8.14. The summed E-state index contributed by atoms with van der Waals surface area (Å²) in [5.74, 6) is 1.86. The van der Waals surface area contributed by atoms with Crippen molar-refractivity contribution < 1.29 is 0 Å². The zero-order valence-electron chi connectivity index (χ0n) is 8.14. The molecule has 11 heavy (non-hydrogen) atoms. The number of hydrogen-bond donors (Lipinski definition) is 0. The van der Waals surface area contributed by atoms with Crippen molar-refractivity contribution in [2.75, 3.05) is 20.1 Å². The number of rotatable bonds is 2. The maximum Gasteiger partial charge on any atom is 0.000671 e. The lowest BCUT2D eigenvalue weighted by Gasteiger charge is -2.30. The van der Waals surface area contributed by atoms with Crippen LogP contribution in [0.1, 0.15) is 33.1 Å². The van der Waals surface area contributed by atoms with Crippen molar-refractivity contribution in [2.45, 2.75) is 33.1 Å². The largest absolute Gasteiger partial charge is 0.306 e. The number of hydrogen-bond acceptors (Lipinski definition) is 1. The van der Waals surface area contributed by atoms with Gasteiger partial charge in [-0.2, -0.15) is 0 Å². The van der Waals surface area contributed by atoms with Gasteiger partial charge in [-0.25, -0.2) is 0 Å². The fourth-order valence-electron chi connectivity index (χ4n) is 2.13. The van der Waals surface area contributed by atoms with Crippen molar-refractivity contribution in [3.63, 3.8) is 0 Å². The van der Waals surface area contributed by atoms with E-state index in [9.17, 15) is 0 Å². The Morgan fingerprint density at radius 2 is 2.18 bits per heavy atom. The van der Waals surface area contributed by atoms with E-state index in [0.717, 1.165) is 11.8 Å². The molecule has 1 nitrogen and oxygen atoms in total. The maximum atomic E-state index is 2.47. The molecule has 1 rings (SSSR count). The van der Waals surface area contributed by atoms with E-state index in [-0.39, 0.29) is 0 Å². The fourth-order valence-corrected chi connectivity index (χ4v) is 2.13. The van der Waals surface area contributed by atoms with Gasteiger partial charge in [0.05, 0.1) is 0 Å². The lowest BCUT2D eigenvalue weighted by molar-refractivity contribution is 0.190. The molecule has 0 aliphatic carbocycles. The van der Waals surface area contributed by atoms with Crippen LogP contribution in [0.3, 0.4) is 0 Å². The molecule has 1 heteroatoms. The molecule has 0 saturated carbocycles. The van der Waals surface area contributed by atoms with Crippen molar-refractivity contribution in [1.82, 2.24) is 4.90 Å². The van der Waals surface area contributed by atoms with Gasteiger partial charge in [0.15, 0.2) is 0 Å². The molecule has 1 aliphatic heterocycles. The summed E-state index contributed by atoms with van der Waals surface area (Å²) in [7, 11) is 2.24. The average molecular weight is 155 g/mol. The van der Waals surface area contributed by atoms with Crippen LogP contribution in [0.2, 0.25) is 0 Å². The van der Waals surface area contributed by atoms with Crippen molar-refractivity contribution in [3.05, 3.63) is 0 Å². The normalized spacial score (nSPS) is 27.8. The van der Waals surface area contributed by atoms with Gasteiger partial charge in [-0.15, -0.1) is 0 Å². The monoisotopic (exact) mass is 155 g/mol. The van der Waals surface area contributed by atoms with E-state index >= 15 is 0 Å². The van der Waals surface area contributed by atoms with Crippen LogP contribution in [0.25, 0.3) is 0 Å². The molecule has 1 saturated heterocycles. The van der Waals surface area contributed by atoms with Gasteiger partial charge >= 0.3 is 0 Å². The summed E-state index contributed by atoms with van der Waals surface area (Å²) >= 11 is 0. The fraction of sp³-hybridized carbons (Fsp3) is 1.00. The second-order valence-corrected chi connectivity index (χ2v) is 4.40. The first-order chi connectivity index (χ1) is 5.18. The van der Waals surface area contributed by atoms with Crippen molar-refractivity contribution in [3.8, 4) is 0 Å². The topological polar surface area (TPSA) is 3.24 Å². The molecule has 1 atom stereocenters. The molecule has 1 heterocycles. The van der Waals surface area contributed by atoms with E-state index in [0.29, 0.717) is 0 Å². The minimum Gasteiger partial charge on any atom is -0.306 e. The highest BCUT2D eigenvalue weighted by molar-refractivity contribution is 4.71. The first-order valence-electron chi connectivity index (χ1n) is 4.87. The van der Waals surface area contributed by atoms with E-state index in [1.54, 1.807) is 0 Å². The molecule has 1 unspecified atom stereocenters. The van der Waals surface area contributed by atoms with E-state index in [4.69, 9.17) is 0 Å². The van der Waals surface area contributed by atoms with Crippen molar-refractivity contribution in [2.24, 2.45) is 11.8 Å². The summed E-state index contributed by atoms with van der Waals surface area (Å²) in [6, 6.07) is 0. The van der Waals surface area contributed by atoms with Crippen LogP contribution in [-0.2, 0) is 0 Å². The van der Waals surface area contributed by atoms with Gasteiger partial charge in [0.25, 0.3) is 0 Å². The molecule has 0 spiro atoms. The van der Waals surface area contributed by atoms with Gasteiger partial charge in [0.1, 0.15) is 0 Å². The Bertz CT molecular complexity index is 107. The maximum absolute atomic E-state index is 2.47. The SMILES string of the molecule is CC(C)CC1CCCN(C)C1. The van der Waals surface area contributed by atoms with Gasteiger partial charge in [0.2, 0.25) is 0 Å². The summed E-state index contributed by atoms with van der Waals surface area (Å²) in [5.41, 5.74) is 0. The third-order valence-electron chi connectivity index (χ3n) is 2.53. The zero-order chi connectivity index (χ0) is 8.27. The second kappa shape index (κ2) is 4.10. The van der Waals surface area contributed by atoms with E-state index in [2.05, 4.69) is 25.8 Å². The minimum absolute atomic E-state index is 0.881. The van der Waals surface area contributed by atoms with Crippen LogP contribution in [0.15, 0.2) is 0 Å². The van der Waals surface area contributed by atoms with E-state index in [1.807, 2.05) is 0 Å². The molecule has 0 N–H and O–H groups in total. The highest BCUT2D eigenvalue weighted by Gasteiger charge is 2.17. The van der Waals surface area contributed by atoms with E-state index in [1.165, 1.54) is 32.4 Å². The van der Waals surface area contributed by atoms with Gasteiger partial charge in [-0.05, 0) is 44.7 Å². The standard InChI is InChI=1S/C10H21N/c1-9(2)7-10-5-4-6-11(3)8-10/h9-10H,4-8H2,1-3H3. The smallest absolute Gasteiger partial charge is 0.000671 e. The molecule has 0 amide bonds. The number of piperidine rings is 1. The van der Waals surface area contributed by atoms with Crippen LogP contribution in [-0.4, -0.2) is 25.0 Å². The molecule has 0 aromatic carbocycles. The predicted octanol–water partition coefficient (Wildman–Crippen LogP) is 2.37. The summed E-state index contributed by atoms with van der Waals surface area (Å²) in [4.78, 5) is 2.47. The van der Waals surface area contributed by atoms with E-state index < -0.39 is 0 Å². The third-order valence-corrected chi connectivity index (χ3v) is 2.53. The third kappa shape index (κ3) is 3.24. The molecule has 0 radical (unpaired) electrons. The number of likely N-dealkylation sites (tertiary alicyclic amines) is 1. The van der Waals surface area contributed by atoms with Crippen molar-refractivity contribution >= 4 is 0 Å². The summed E-state index contributed by atoms with van der Waals surface area (Å²) in [6.45, 7) is 7.30. The Balaban J connectivity index is 2.23. The van der Waals surface area contributed by atoms with Crippen LogP contribution in [0, 0.1) is 11.8 Å². The predicted molar refractivity (Wildman–Crippen MR) is 49.7 cm³/mol. The molecule has 0 aromatic heterocycles. The molecule has 1 aliphatic rings. The van der Waals surface area contributed by atoms with Gasteiger partial charge < -0.3 is 4.90 Å². The molecule has 1 fully saturated rings. The second-order valence-electron chi connectivity index (χ2n) is 4.40. The van der Waals surface area contributed by atoms with Crippen molar-refractivity contribution in [1.29, 1.82) is 0 Å². The Kier molecular flexibility index (Phi) is 3.38. The summed E-state index contributed by atoms with van der Waals surface area (Å²) in [5, 5.41) is 0. The highest BCUT2D eigenvalue weighted by Crippen LogP contribution is 2.21. The summed E-state index contributed by atoms with van der Waals surface area (Å²) < 4.78 is 0. The summed E-state index contributed by atoms with van der Waals surface area (Å²) in [6.07, 6.45) is 4.29. The molecular weight excluding hydrogens is 134 g/mol. The van der Waals surface area contributed by atoms with Crippen LogP contribution in [0.5, 0.6) is 0 Å². The first-order valence-corrected chi connectivity index (χ1v) is 4.87. The molecule has 0 bridgehead atoms. The Labute approximate surface area is 70.8 Å². The van der Waals surface area contributed by atoms with Crippen LogP contribution >= 0.6 is 0 Å². The Hall–Kier alpha value is -0.0400. The molecular formula is C10H21N. The molecule has 66 valence electrons. The van der Waals surface area contributed by atoms with Crippen LogP contribution in [0.4, 0.5) is 0 Å². The van der Waals surface area contributed by atoms with Gasteiger partial charge in [0, 0.05) is 6.54 Å². The lowest BCUT2D eigenvalue weighted by atomic mass is 9.90. The lowest BCUT2D eigenvalue weighted by Crippen LogP contribution is -2.32. The Morgan fingerprint density at radius 3 is 2.73 bits per heavy atom. The average Bonchev–Trinajstić information content (AvgIpc) is 1.85. The Morgan fingerprint density at radius 1 is 1.45 bits per heavy atom. The van der Waals surface area contributed by atoms with Crippen LogP contribution < -0.4 is 0 Å². The minimum atomic E-state index is 0.881.